The Morgan fingerprint density at radius 3 is 2.75 bits per heavy atom. The van der Waals surface area contributed by atoms with E-state index in [1.807, 2.05) is 6.07 Å². The van der Waals surface area contributed by atoms with E-state index in [0.717, 1.165) is 5.56 Å². The van der Waals surface area contributed by atoms with Crippen molar-refractivity contribution in [3.8, 4) is 0 Å². The van der Waals surface area contributed by atoms with E-state index in [-0.39, 0.29) is 11.6 Å². The highest BCUT2D eigenvalue weighted by molar-refractivity contribution is 7.90. The average Bonchev–Trinajstić information content (AvgIpc) is 2.15. The lowest BCUT2D eigenvalue weighted by atomic mass is 10.2. The lowest BCUT2D eigenvalue weighted by Gasteiger charge is -2.04. The number of sulfone groups is 1. The molecule has 0 unspecified atom stereocenters. The first-order valence-electron chi connectivity index (χ1n) is 5.10. The van der Waals surface area contributed by atoms with Crippen molar-refractivity contribution >= 4 is 9.84 Å². The first-order chi connectivity index (χ1) is 7.47. The monoisotopic (exact) mass is 245 g/mol. The molecule has 90 valence electrons. The van der Waals surface area contributed by atoms with Gasteiger partial charge in [0.1, 0.15) is 15.7 Å². The topological polar surface area (TPSA) is 46.2 Å². The maximum atomic E-state index is 12.8. The Balaban J connectivity index is 2.21. The van der Waals surface area contributed by atoms with Crippen LogP contribution >= 0.6 is 0 Å². The van der Waals surface area contributed by atoms with Crippen LogP contribution in [-0.4, -0.2) is 27.0 Å². The van der Waals surface area contributed by atoms with Crippen molar-refractivity contribution in [2.75, 3.05) is 18.6 Å². The summed E-state index contributed by atoms with van der Waals surface area (Å²) in [7, 11) is -2.88. The van der Waals surface area contributed by atoms with Crippen LogP contribution in [-0.2, 0) is 16.4 Å². The van der Waals surface area contributed by atoms with Crippen molar-refractivity contribution in [1.29, 1.82) is 0 Å². The maximum absolute atomic E-state index is 12.8. The Morgan fingerprint density at radius 1 is 1.38 bits per heavy atom. The van der Waals surface area contributed by atoms with Crippen LogP contribution in [0.3, 0.4) is 0 Å². The molecule has 0 saturated carbocycles. The number of hydrogen-bond donors (Lipinski definition) is 1. The molecule has 16 heavy (non-hydrogen) atoms. The number of nitrogens with one attached hydrogen (secondary N) is 1. The van der Waals surface area contributed by atoms with Crippen LogP contribution in [0.4, 0.5) is 4.39 Å². The minimum Gasteiger partial charge on any atom is -0.313 e. The summed E-state index contributed by atoms with van der Waals surface area (Å²) in [6.45, 7) is 1.17. The van der Waals surface area contributed by atoms with Crippen molar-refractivity contribution in [3.63, 3.8) is 0 Å². The van der Waals surface area contributed by atoms with Crippen molar-refractivity contribution in [1.82, 2.24) is 5.32 Å². The molecule has 0 fully saturated rings. The minimum atomic E-state index is -2.88. The van der Waals surface area contributed by atoms with Gasteiger partial charge in [-0.2, -0.15) is 0 Å². The van der Waals surface area contributed by atoms with Gasteiger partial charge >= 0.3 is 0 Å². The third-order valence-electron chi connectivity index (χ3n) is 2.09. The minimum absolute atomic E-state index is 0.184. The molecule has 5 heteroatoms. The molecule has 0 aliphatic carbocycles. The molecule has 0 bridgehead atoms. The average molecular weight is 245 g/mol. The standard InChI is InChI=1S/C11H16FNO2S/c1-16(14,15)7-3-6-13-9-10-4-2-5-11(12)8-10/h2,4-5,8,13H,3,6-7,9H2,1H3. The summed E-state index contributed by atoms with van der Waals surface area (Å²) in [5.74, 6) is -0.0705. The quantitative estimate of drug-likeness (QED) is 0.770. The molecule has 1 aromatic rings. The lowest BCUT2D eigenvalue weighted by Crippen LogP contribution is -2.17. The summed E-state index contributed by atoms with van der Waals surface area (Å²) in [5.41, 5.74) is 0.861. The van der Waals surface area contributed by atoms with Gasteiger partial charge in [0.2, 0.25) is 0 Å². The van der Waals surface area contributed by atoms with Crippen LogP contribution in [0.1, 0.15) is 12.0 Å². The fraction of sp³-hybridized carbons (Fsp3) is 0.455. The van der Waals surface area contributed by atoms with Gasteiger partial charge in [0.05, 0.1) is 5.75 Å². The predicted octanol–water partition coefficient (Wildman–Crippen LogP) is 1.35. The van der Waals surface area contributed by atoms with Gasteiger partial charge in [-0.15, -0.1) is 0 Å². The Labute approximate surface area is 95.6 Å². The predicted molar refractivity (Wildman–Crippen MR) is 62.4 cm³/mol. The van der Waals surface area contributed by atoms with E-state index in [1.165, 1.54) is 18.4 Å². The van der Waals surface area contributed by atoms with Gasteiger partial charge in [-0.1, -0.05) is 12.1 Å². The Bertz CT molecular complexity index is 431. The second-order valence-corrected chi connectivity index (χ2v) is 6.05. The van der Waals surface area contributed by atoms with E-state index in [0.29, 0.717) is 19.5 Å². The molecule has 1 rings (SSSR count). The second-order valence-electron chi connectivity index (χ2n) is 3.79. The molecular weight excluding hydrogens is 229 g/mol. The third kappa shape index (κ3) is 5.82. The fourth-order valence-electron chi connectivity index (χ4n) is 1.34. The first kappa shape index (κ1) is 13.1. The van der Waals surface area contributed by atoms with Crippen LogP contribution in [0.25, 0.3) is 0 Å². The maximum Gasteiger partial charge on any atom is 0.147 e. The third-order valence-corrected chi connectivity index (χ3v) is 3.12. The molecule has 3 nitrogen and oxygen atoms in total. The normalized spacial score (nSPS) is 11.6. The van der Waals surface area contributed by atoms with Gasteiger partial charge < -0.3 is 5.32 Å². The van der Waals surface area contributed by atoms with E-state index in [2.05, 4.69) is 5.32 Å². The zero-order valence-electron chi connectivity index (χ0n) is 9.24. The number of rotatable bonds is 6. The molecule has 0 saturated heterocycles. The van der Waals surface area contributed by atoms with Crippen LogP contribution in [0, 0.1) is 5.82 Å². The van der Waals surface area contributed by atoms with E-state index in [9.17, 15) is 12.8 Å². The van der Waals surface area contributed by atoms with E-state index in [1.54, 1.807) is 6.07 Å². The molecular formula is C11H16FNO2S. The fourth-order valence-corrected chi connectivity index (χ4v) is 2.01. The summed E-state index contributed by atoms with van der Waals surface area (Å²) in [6.07, 6.45) is 1.80. The van der Waals surface area contributed by atoms with E-state index >= 15 is 0 Å². The van der Waals surface area contributed by atoms with Crippen molar-refractivity contribution in [2.45, 2.75) is 13.0 Å². The Morgan fingerprint density at radius 2 is 2.12 bits per heavy atom. The summed E-state index contributed by atoms with van der Waals surface area (Å²) in [5, 5.41) is 3.07. The van der Waals surface area contributed by atoms with Gasteiger partial charge in [0.15, 0.2) is 0 Å². The van der Waals surface area contributed by atoms with Gasteiger partial charge in [-0.05, 0) is 30.7 Å². The highest BCUT2D eigenvalue weighted by atomic mass is 32.2. The van der Waals surface area contributed by atoms with Crippen molar-refractivity contribution < 1.29 is 12.8 Å². The summed E-state index contributed by atoms with van der Waals surface area (Å²) in [4.78, 5) is 0. The first-order valence-corrected chi connectivity index (χ1v) is 7.16. The largest absolute Gasteiger partial charge is 0.313 e. The summed E-state index contributed by atoms with van der Waals surface area (Å²) < 4.78 is 34.5. The number of benzene rings is 1. The molecule has 0 radical (unpaired) electrons. The summed E-state index contributed by atoms with van der Waals surface area (Å²) in [6, 6.07) is 6.34. The van der Waals surface area contributed by atoms with Gasteiger partial charge in [-0.25, -0.2) is 12.8 Å². The molecule has 0 amide bonds. The smallest absolute Gasteiger partial charge is 0.147 e. The highest BCUT2D eigenvalue weighted by Crippen LogP contribution is 2.02. The van der Waals surface area contributed by atoms with Crippen molar-refractivity contribution in [2.24, 2.45) is 0 Å². The molecule has 0 spiro atoms. The molecule has 1 N–H and O–H groups in total. The SMILES string of the molecule is CS(=O)(=O)CCCNCc1cccc(F)c1. The molecule has 0 aliphatic heterocycles. The molecule has 0 heterocycles. The molecule has 0 aromatic heterocycles. The van der Waals surface area contributed by atoms with Crippen molar-refractivity contribution in [3.05, 3.63) is 35.6 Å². The number of hydrogen-bond acceptors (Lipinski definition) is 3. The zero-order chi connectivity index (χ0) is 12.0. The zero-order valence-corrected chi connectivity index (χ0v) is 10.1. The summed E-state index contributed by atoms with van der Waals surface area (Å²) >= 11 is 0. The van der Waals surface area contributed by atoms with Crippen LogP contribution in [0.15, 0.2) is 24.3 Å². The Kier molecular flexibility index (Phi) is 4.89. The van der Waals surface area contributed by atoms with Crippen LogP contribution in [0.2, 0.25) is 0 Å². The van der Waals surface area contributed by atoms with Gasteiger partial charge in [0, 0.05) is 12.8 Å². The van der Waals surface area contributed by atoms with E-state index in [4.69, 9.17) is 0 Å². The van der Waals surface area contributed by atoms with Gasteiger partial charge in [-0.3, -0.25) is 0 Å². The highest BCUT2D eigenvalue weighted by Gasteiger charge is 2.00. The molecule has 0 atom stereocenters. The molecule has 1 aromatic carbocycles. The lowest BCUT2D eigenvalue weighted by molar-refractivity contribution is 0.593. The second kappa shape index (κ2) is 5.96. The van der Waals surface area contributed by atoms with Crippen LogP contribution < -0.4 is 5.32 Å². The number of halogens is 1. The Hall–Kier alpha value is -0.940. The molecule has 0 aliphatic rings. The van der Waals surface area contributed by atoms with Crippen LogP contribution in [0.5, 0.6) is 0 Å². The van der Waals surface area contributed by atoms with Gasteiger partial charge in [0.25, 0.3) is 0 Å². The van der Waals surface area contributed by atoms with E-state index < -0.39 is 9.84 Å².